The zero-order chi connectivity index (χ0) is 20.3. The Labute approximate surface area is 168 Å². The van der Waals surface area contributed by atoms with Crippen LogP contribution < -0.4 is 0 Å². The lowest BCUT2D eigenvalue weighted by molar-refractivity contribution is -0.134. The SMILES string of the molecule is Cc1ccc(S(=O)(=O)N(C)CC(=O)N(Cc2ccccc2)C(C)C2CC2)cc1. The van der Waals surface area contributed by atoms with Crippen LogP contribution in [0.15, 0.2) is 59.5 Å². The summed E-state index contributed by atoms with van der Waals surface area (Å²) in [5.41, 5.74) is 2.04. The monoisotopic (exact) mass is 400 g/mol. The molecule has 0 heterocycles. The average molecular weight is 401 g/mol. The number of nitrogens with zero attached hydrogens (tertiary/aromatic N) is 2. The molecule has 150 valence electrons. The fourth-order valence-electron chi connectivity index (χ4n) is 3.33. The Morgan fingerprint density at radius 1 is 1.07 bits per heavy atom. The molecule has 0 saturated heterocycles. The van der Waals surface area contributed by atoms with Gasteiger partial charge in [0.05, 0.1) is 11.4 Å². The van der Waals surface area contributed by atoms with Crippen LogP contribution in [0.3, 0.4) is 0 Å². The summed E-state index contributed by atoms with van der Waals surface area (Å²) < 4.78 is 26.8. The Kier molecular flexibility index (Phi) is 6.20. The first kappa shape index (κ1) is 20.6. The molecule has 0 radical (unpaired) electrons. The van der Waals surface area contributed by atoms with Crippen LogP contribution >= 0.6 is 0 Å². The number of sulfonamides is 1. The number of hydrogen-bond donors (Lipinski definition) is 0. The fourth-order valence-corrected chi connectivity index (χ4v) is 4.45. The van der Waals surface area contributed by atoms with Gasteiger partial charge in [0.25, 0.3) is 0 Å². The minimum absolute atomic E-state index is 0.100. The van der Waals surface area contributed by atoms with Crippen molar-refractivity contribution in [3.63, 3.8) is 0 Å². The summed E-state index contributed by atoms with van der Waals surface area (Å²) in [6, 6.07) is 16.6. The molecule has 0 bridgehead atoms. The van der Waals surface area contributed by atoms with Crippen LogP contribution in [0, 0.1) is 12.8 Å². The van der Waals surface area contributed by atoms with Gasteiger partial charge in [-0.25, -0.2) is 8.42 Å². The number of carbonyl (C=O) groups is 1. The predicted octanol–water partition coefficient (Wildman–Crippen LogP) is 3.44. The van der Waals surface area contributed by atoms with Crippen molar-refractivity contribution in [1.29, 1.82) is 0 Å². The van der Waals surface area contributed by atoms with Crippen LogP contribution in [0.25, 0.3) is 0 Å². The van der Waals surface area contributed by atoms with Gasteiger partial charge < -0.3 is 4.90 Å². The van der Waals surface area contributed by atoms with Gasteiger partial charge in [-0.15, -0.1) is 0 Å². The quantitative estimate of drug-likeness (QED) is 0.682. The largest absolute Gasteiger partial charge is 0.334 e. The van der Waals surface area contributed by atoms with E-state index in [1.807, 2.05) is 42.2 Å². The Morgan fingerprint density at radius 3 is 2.25 bits per heavy atom. The van der Waals surface area contributed by atoms with Gasteiger partial charge in [0.2, 0.25) is 15.9 Å². The smallest absolute Gasteiger partial charge is 0.243 e. The Hall–Kier alpha value is -2.18. The van der Waals surface area contributed by atoms with Crippen molar-refractivity contribution in [2.45, 2.75) is 44.2 Å². The lowest BCUT2D eigenvalue weighted by atomic mass is 10.1. The van der Waals surface area contributed by atoms with Gasteiger partial charge >= 0.3 is 0 Å². The van der Waals surface area contributed by atoms with Crippen molar-refractivity contribution in [3.8, 4) is 0 Å². The Balaban J connectivity index is 1.75. The molecule has 1 amide bonds. The van der Waals surface area contributed by atoms with Crippen LogP contribution in [0.5, 0.6) is 0 Å². The first-order valence-corrected chi connectivity index (χ1v) is 11.1. The van der Waals surface area contributed by atoms with Gasteiger partial charge in [0, 0.05) is 19.6 Å². The summed E-state index contributed by atoms with van der Waals surface area (Å²) in [6.07, 6.45) is 2.24. The van der Waals surface area contributed by atoms with E-state index in [1.54, 1.807) is 24.3 Å². The molecule has 0 spiro atoms. The molecular weight excluding hydrogens is 372 g/mol. The van der Waals surface area contributed by atoms with E-state index in [1.165, 1.54) is 7.05 Å². The van der Waals surface area contributed by atoms with Gasteiger partial charge in [-0.05, 0) is 50.3 Å². The van der Waals surface area contributed by atoms with Crippen LogP contribution in [0.4, 0.5) is 0 Å². The number of hydrogen-bond acceptors (Lipinski definition) is 3. The minimum Gasteiger partial charge on any atom is -0.334 e. The second kappa shape index (κ2) is 8.45. The van der Waals surface area contributed by atoms with Crippen molar-refractivity contribution >= 4 is 15.9 Å². The van der Waals surface area contributed by atoms with Crippen LogP contribution in [0.1, 0.15) is 30.9 Å². The third-order valence-corrected chi connectivity index (χ3v) is 7.22. The summed E-state index contributed by atoms with van der Waals surface area (Å²) in [5, 5.41) is 0. The second-order valence-corrected chi connectivity index (χ2v) is 9.70. The molecule has 1 aliphatic carbocycles. The van der Waals surface area contributed by atoms with E-state index in [0.717, 1.165) is 28.3 Å². The van der Waals surface area contributed by atoms with Crippen molar-refractivity contribution in [1.82, 2.24) is 9.21 Å². The van der Waals surface area contributed by atoms with E-state index in [2.05, 4.69) is 6.92 Å². The zero-order valence-electron chi connectivity index (χ0n) is 16.7. The number of carbonyl (C=O) groups excluding carboxylic acids is 1. The highest BCUT2D eigenvalue weighted by atomic mass is 32.2. The topological polar surface area (TPSA) is 57.7 Å². The number of benzene rings is 2. The molecule has 1 aliphatic rings. The summed E-state index contributed by atoms with van der Waals surface area (Å²) in [6.45, 7) is 4.30. The van der Waals surface area contributed by atoms with E-state index in [4.69, 9.17) is 0 Å². The van der Waals surface area contributed by atoms with E-state index in [-0.39, 0.29) is 23.4 Å². The molecule has 1 saturated carbocycles. The molecule has 5 nitrogen and oxygen atoms in total. The molecule has 1 unspecified atom stereocenters. The standard InChI is InChI=1S/C22H28N2O3S/c1-17-9-13-21(14-10-17)28(26,27)23(3)16-22(25)24(18(2)20-11-12-20)15-19-7-5-4-6-8-19/h4-10,13-14,18,20H,11-12,15-16H2,1-3H3. The molecular formula is C22H28N2O3S. The van der Waals surface area contributed by atoms with E-state index >= 15 is 0 Å². The summed E-state index contributed by atoms with van der Waals surface area (Å²) >= 11 is 0. The maximum atomic E-state index is 13.1. The number of amides is 1. The lowest BCUT2D eigenvalue weighted by Gasteiger charge is -2.31. The van der Waals surface area contributed by atoms with Crippen molar-refractivity contribution < 1.29 is 13.2 Å². The van der Waals surface area contributed by atoms with Gasteiger partial charge in [0.15, 0.2) is 0 Å². The molecule has 1 fully saturated rings. The first-order valence-electron chi connectivity index (χ1n) is 9.65. The molecule has 2 aromatic carbocycles. The molecule has 2 aromatic rings. The normalized spacial score (nSPS) is 15.4. The molecule has 3 rings (SSSR count). The van der Waals surface area contributed by atoms with E-state index in [9.17, 15) is 13.2 Å². The number of rotatable bonds is 8. The highest BCUT2D eigenvalue weighted by Crippen LogP contribution is 2.35. The number of aryl methyl sites for hydroxylation is 1. The van der Waals surface area contributed by atoms with Crippen LogP contribution in [-0.2, 0) is 21.4 Å². The maximum Gasteiger partial charge on any atom is 0.243 e. The van der Waals surface area contributed by atoms with Crippen LogP contribution in [0.2, 0.25) is 0 Å². The summed E-state index contributed by atoms with van der Waals surface area (Å²) in [5.74, 6) is 0.341. The molecule has 1 atom stereocenters. The second-order valence-electron chi connectivity index (χ2n) is 7.66. The summed E-state index contributed by atoms with van der Waals surface area (Å²) in [7, 11) is -2.23. The van der Waals surface area contributed by atoms with E-state index in [0.29, 0.717) is 12.5 Å². The Morgan fingerprint density at radius 2 is 1.68 bits per heavy atom. The van der Waals surface area contributed by atoms with Gasteiger partial charge in [0.1, 0.15) is 0 Å². The van der Waals surface area contributed by atoms with E-state index < -0.39 is 10.0 Å². The van der Waals surface area contributed by atoms with Crippen molar-refractivity contribution in [2.24, 2.45) is 5.92 Å². The minimum atomic E-state index is -3.70. The molecule has 0 aromatic heterocycles. The molecule has 28 heavy (non-hydrogen) atoms. The van der Waals surface area contributed by atoms with Gasteiger partial charge in [-0.2, -0.15) is 4.31 Å². The fraction of sp³-hybridized carbons (Fsp3) is 0.409. The highest BCUT2D eigenvalue weighted by molar-refractivity contribution is 7.89. The van der Waals surface area contributed by atoms with Crippen molar-refractivity contribution in [2.75, 3.05) is 13.6 Å². The van der Waals surface area contributed by atoms with Crippen LogP contribution in [-0.4, -0.2) is 43.2 Å². The Bertz CT molecular complexity index is 907. The lowest BCUT2D eigenvalue weighted by Crippen LogP contribution is -2.45. The summed E-state index contributed by atoms with van der Waals surface area (Å²) in [4.78, 5) is 15.1. The van der Waals surface area contributed by atoms with Gasteiger partial charge in [-0.3, -0.25) is 4.79 Å². The highest BCUT2D eigenvalue weighted by Gasteiger charge is 2.35. The average Bonchev–Trinajstić information content (AvgIpc) is 3.52. The third-order valence-electron chi connectivity index (χ3n) is 5.40. The first-order chi connectivity index (χ1) is 13.3. The molecule has 0 N–H and O–H groups in total. The molecule has 0 aliphatic heterocycles. The van der Waals surface area contributed by atoms with Gasteiger partial charge in [-0.1, -0.05) is 48.0 Å². The van der Waals surface area contributed by atoms with Crippen molar-refractivity contribution in [3.05, 3.63) is 65.7 Å². The maximum absolute atomic E-state index is 13.1. The predicted molar refractivity (Wildman–Crippen MR) is 110 cm³/mol. The zero-order valence-corrected chi connectivity index (χ0v) is 17.5. The number of likely N-dealkylation sites (N-methyl/N-ethyl adjacent to an activating group) is 1. The molecule has 6 heteroatoms. The third kappa shape index (κ3) is 4.80.